The molecule has 0 saturated heterocycles. The number of rotatable bonds is 6. The number of hydrogen-bond donors (Lipinski definition) is 3. The minimum absolute atomic E-state index is 0.160. The third-order valence-electron chi connectivity index (χ3n) is 5.51. The Morgan fingerprint density at radius 2 is 1.79 bits per heavy atom. The Bertz CT molecular complexity index is 729. The summed E-state index contributed by atoms with van der Waals surface area (Å²) in [5, 5.41) is 9.36. The van der Waals surface area contributed by atoms with Gasteiger partial charge in [0, 0.05) is 11.5 Å². The minimum atomic E-state index is -0.579. The van der Waals surface area contributed by atoms with Gasteiger partial charge in [0.05, 0.1) is 5.41 Å². The highest BCUT2D eigenvalue weighted by Crippen LogP contribution is 2.66. The third kappa shape index (κ3) is 2.78. The van der Waals surface area contributed by atoms with Crippen LogP contribution >= 0.6 is 0 Å². The molecule has 3 rings (SSSR count). The standard InChI is InChI=1S/C20H24N2O2/c1-19(15-5-3-2-4-6-15)13-20(19,18(22)24)12-16(21)11-14-7-9-17(23)10-8-14/h2-10,16,23H,11-13,21H2,1H3,(H2,22,24)/t16-,19?,20?/m0/s1. The number of amides is 1. The smallest absolute Gasteiger partial charge is 0.224 e. The molecule has 3 atom stereocenters. The fraction of sp³-hybridized carbons (Fsp3) is 0.350. The summed E-state index contributed by atoms with van der Waals surface area (Å²) in [6.45, 7) is 2.10. The molecular formula is C20H24N2O2. The van der Waals surface area contributed by atoms with E-state index in [0.717, 1.165) is 17.5 Å². The first kappa shape index (κ1) is 16.5. The summed E-state index contributed by atoms with van der Waals surface area (Å²) in [5.41, 5.74) is 13.5. The molecule has 5 N–H and O–H groups in total. The van der Waals surface area contributed by atoms with Gasteiger partial charge in [0.2, 0.25) is 5.91 Å². The van der Waals surface area contributed by atoms with Crippen molar-refractivity contribution in [1.29, 1.82) is 0 Å². The Balaban J connectivity index is 1.76. The normalized spacial score (nSPS) is 26.8. The summed E-state index contributed by atoms with van der Waals surface area (Å²) in [5.74, 6) is -0.0326. The molecule has 2 unspecified atom stereocenters. The van der Waals surface area contributed by atoms with E-state index in [9.17, 15) is 9.90 Å². The predicted octanol–water partition coefficient (Wildman–Crippen LogP) is 2.49. The molecule has 2 aromatic rings. The molecule has 4 heteroatoms. The van der Waals surface area contributed by atoms with E-state index < -0.39 is 5.41 Å². The van der Waals surface area contributed by atoms with E-state index in [1.54, 1.807) is 12.1 Å². The number of phenols is 1. The second-order valence-electron chi connectivity index (χ2n) is 7.16. The topological polar surface area (TPSA) is 89.3 Å². The molecule has 2 aromatic carbocycles. The number of carbonyl (C=O) groups is 1. The first-order valence-corrected chi connectivity index (χ1v) is 8.26. The maximum Gasteiger partial charge on any atom is 0.224 e. The van der Waals surface area contributed by atoms with Crippen molar-refractivity contribution in [2.75, 3.05) is 0 Å². The quantitative estimate of drug-likeness (QED) is 0.762. The molecule has 1 aliphatic carbocycles. The summed E-state index contributed by atoms with van der Waals surface area (Å²) in [6.07, 6.45) is 1.96. The highest BCUT2D eigenvalue weighted by Gasteiger charge is 2.68. The van der Waals surface area contributed by atoms with Crippen LogP contribution in [0.4, 0.5) is 0 Å². The van der Waals surface area contributed by atoms with Crippen molar-refractivity contribution in [2.45, 2.75) is 37.6 Å². The maximum atomic E-state index is 12.2. The first-order valence-electron chi connectivity index (χ1n) is 8.26. The van der Waals surface area contributed by atoms with E-state index in [1.807, 2.05) is 30.3 Å². The van der Waals surface area contributed by atoms with Crippen molar-refractivity contribution >= 4 is 5.91 Å². The summed E-state index contributed by atoms with van der Waals surface area (Å²) in [4.78, 5) is 12.2. The average Bonchev–Trinajstić information content (AvgIpc) is 3.18. The van der Waals surface area contributed by atoms with Crippen LogP contribution in [0.3, 0.4) is 0 Å². The number of phenolic OH excluding ortho intramolecular Hbond substituents is 1. The van der Waals surface area contributed by atoms with Gasteiger partial charge in [0.25, 0.3) is 0 Å². The molecule has 1 aliphatic rings. The van der Waals surface area contributed by atoms with E-state index in [-0.39, 0.29) is 23.1 Å². The van der Waals surface area contributed by atoms with Crippen molar-refractivity contribution in [3.05, 3.63) is 65.7 Å². The van der Waals surface area contributed by atoms with Gasteiger partial charge in [-0.3, -0.25) is 4.79 Å². The van der Waals surface area contributed by atoms with Crippen LogP contribution in [-0.4, -0.2) is 17.1 Å². The van der Waals surface area contributed by atoms with Crippen LogP contribution in [0.1, 0.15) is 30.9 Å². The van der Waals surface area contributed by atoms with Crippen LogP contribution in [0.25, 0.3) is 0 Å². The Labute approximate surface area is 142 Å². The Kier molecular flexibility index (Phi) is 4.10. The highest BCUT2D eigenvalue weighted by molar-refractivity contribution is 5.87. The largest absolute Gasteiger partial charge is 0.508 e. The van der Waals surface area contributed by atoms with Crippen molar-refractivity contribution in [2.24, 2.45) is 16.9 Å². The molecule has 1 amide bonds. The van der Waals surface area contributed by atoms with Gasteiger partial charge in [-0.25, -0.2) is 0 Å². The zero-order valence-electron chi connectivity index (χ0n) is 13.9. The molecule has 0 aromatic heterocycles. The number of benzene rings is 2. The molecular weight excluding hydrogens is 300 g/mol. The molecule has 0 spiro atoms. The molecule has 0 bridgehead atoms. The number of aromatic hydroxyl groups is 1. The maximum absolute atomic E-state index is 12.2. The number of nitrogens with two attached hydrogens (primary N) is 2. The van der Waals surface area contributed by atoms with E-state index in [1.165, 1.54) is 0 Å². The first-order chi connectivity index (χ1) is 11.4. The molecule has 1 saturated carbocycles. The third-order valence-corrected chi connectivity index (χ3v) is 5.51. The van der Waals surface area contributed by atoms with Crippen LogP contribution in [0.5, 0.6) is 5.75 Å². The van der Waals surface area contributed by atoms with Crippen LogP contribution in [0.15, 0.2) is 54.6 Å². The van der Waals surface area contributed by atoms with Gasteiger partial charge < -0.3 is 16.6 Å². The minimum Gasteiger partial charge on any atom is -0.508 e. The summed E-state index contributed by atoms with van der Waals surface area (Å²) < 4.78 is 0. The molecule has 0 aliphatic heterocycles. The Morgan fingerprint density at radius 1 is 1.17 bits per heavy atom. The van der Waals surface area contributed by atoms with Crippen LogP contribution < -0.4 is 11.5 Å². The molecule has 1 fully saturated rings. The van der Waals surface area contributed by atoms with Crippen molar-refractivity contribution < 1.29 is 9.90 Å². The lowest BCUT2D eigenvalue weighted by molar-refractivity contribution is -0.124. The van der Waals surface area contributed by atoms with Crippen LogP contribution in [0.2, 0.25) is 0 Å². The molecule has 126 valence electrons. The van der Waals surface area contributed by atoms with Gasteiger partial charge in [-0.15, -0.1) is 0 Å². The van der Waals surface area contributed by atoms with Crippen molar-refractivity contribution in [3.8, 4) is 5.75 Å². The van der Waals surface area contributed by atoms with Crippen LogP contribution in [0, 0.1) is 5.41 Å². The Hall–Kier alpha value is -2.33. The van der Waals surface area contributed by atoms with Gasteiger partial charge in [-0.05, 0) is 42.5 Å². The lowest BCUT2D eigenvalue weighted by atomic mass is 9.82. The van der Waals surface area contributed by atoms with Gasteiger partial charge in [-0.1, -0.05) is 49.4 Å². The van der Waals surface area contributed by atoms with Gasteiger partial charge in [-0.2, -0.15) is 0 Å². The van der Waals surface area contributed by atoms with Gasteiger partial charge >= 0.3 is 0 Å². The molecule has 4 nitrogen and oxygen atoms in total. The fourth-order valence-corrected chi connectivity index (χ4v) is 3.96. The molecule has 0 heterocycles. The Morgan fingerprint density at radius 3 is 2.38 bits per heavy atom. The molecule has 0 radical (unpaired) electrons. The van der Waals surface area contributed by atoms with Crippen LogP contribution in [-0.2, 0) is 16.6 Å². The van der Waals surface area contributed by atoms with Crippen molar-refractivity contribution in [1.82, 2.24) is 0 Å². The summed E-state index contributed by atoms with van der Waals surface area (Å²) in [6, 6.07) is 16.9. The molecule has 24 heavy (non-hydrogen) atoms. The average molecular weight is 324 g/mol. The fourth-order valence-electron chi connectivity index (χ4n) is 3.96. The summed E-state index contributed by atoms with van der Waals surface area (Å²) in [7, 11) is 0. The monoisotopic (exact) mass is 324 g/mol. The summed E-state index contributed by atoms with van der Waals surface area (Å²) >= 11 is 0. The number of carbonyl (C=O) groups excluding carboxylic acids is 1. The van der Waals surface area contributed by atoms with Gasteiger partial charge in [0.1, 0.15) is 5.75 Å². The lowest BCUT2D eigenvalue weighted by Crippen LogP contribution is -2.38. The van der Waals surface area contributed by atoms with E-state index >= 15 is 0 Å². The predicted molar refractivity (Wildman–Crippen MR) is 94.4 cm³/mol. The van der Waals surface area contributed by atoms with Crippen molar-refractivity contribution in [3.63, 3.8) is 0 Å². The van der Waals surface area contributed by atoms with E-state index in [0.29, 0.717) is 12.8 Å². The zero-order valence-corrected chi connectivity index (χ0v) is 13.9. The van der Waals surface area contributed by atoms with Gasteiger partial charge in [0.15, 0.2) is 0 Å². The lowest BCUT2D eigenvalue weighted by Gasteiger charge is -2.24. The number of primary amides is 1. The second kappa shape index (κ2) is 5.95. The number of hydrogen-bond acceptors (Lipinski definition) is 3. The van der Waals surface area contributed by atoms with E-state index in [4.69, 9.17) is 11.5 Å². The SMILES string of the molecule is CC1(c2ccccc2)CC1(C[C@@H](N)Cc1ccc(O)cc1)C(N)=O. The highest BCUT2D eigenvalue weighted by atomic mass is 16.3. The second-order valence-corrected chi connectivity index (χ2v) is 7.16. The zero-order chi connectivity index (χ0) is 17.4. The van der Waals surface area contributed by atoms with E-state index in [2.05, 4.69) is 19.1 Å².